The second-order valence-electron chi connectivity index (χ2n) is 6.12. The van der Waals surface area contributed by atoms with Crippen molar-refractivity contribution < 1.29 is 14.7 Å². The van der Waals surface area contributed by atoms with Gasteiger partial charge in [0, 0.05) is 11.1 Å². The van der Waals surface area contributed by atoms with Gasteiger partial charge < -0.3 is 10.4 Å². The number of hydrogen-bond donors (Lipinski definition) is 3. The Morgan fingerprint density at radius 3 is 2.48 bits per heavy atom. The monoisotopic (exact) mass is 313 g/mol. The number of phenolic OH excluding ortho intramolecular Hbond substituents is 1. The molecule has 6 heteroatoms. The molecule has 0 spiro atoms. The zero-order valence-electron chi connectivity index (χ0n) is 13.3. The Bertz CT molecular complexity index is 776. The molecule has 2 rings (SSSR count). The SMILES string of the molecule is CC(C)(C)NC(=O)C(=O)N/N=C\c1c(O)ccc2ccccc12. The first kappa shape index (κ1) is 16.5. The minimum Gasteiger partial charge on any atom is -0.507 e. The Kier molecular flexibility index (Phi) is 4.64. The van der Waals surface area contributed by atoms with Crippen molar-refractivity contribution in [3.05, 3.63) is 42.0 Å². The summed E-state index contributed by atoms with van der Waals surface area (Å²) in [6.07, 6.45) is 1.32. The molecule has 0 saturated carbocycles. The highest BCUT2D eigenvalue weighted by atomic mass is 16.3. The molecule has 0 aliphatic carbocycles. The third-order valence-corrected chi connectivity index (χ3v) is 3.00. The van der Waals surface area contributed by atoms with Crippen LogP contribution in [0.2, 0.25) is 0 Å². The van der Waals surface area contributed by atoms with Crippen molar-refractivity contribution >= 4 is 28.8 Å². The number of rotatable bonds is 2. The predicted molar refractivity (Wildman–Crippen MR) is 89.2 cm³/mol. The zero-order chi connectivity index (χ0) is 17.0. The first-order valence-corrected chi connectivity index (χ1v) is 7.14. The van der Waals surface area contributed by atoms with E-state index >= 15 is 0 Å². The van der Waals surface area contributed by atoms with Crippen molar-refractivity contribution in [2.45, 2.75) is 26.3 Å². The number of nitrogens with zero attached hydrogens (tertiary/aromatic N) is 1. The van der Waals surface area contributed by atoms with Crippen LogP contribution in [0.15, 0.2) is 41.5 Å². The summed E-state index contributed by atoms with van der Waals surface area (Å²) in [4.78, 5) is 23.3. The number of fused-ring (bicyclic) bond motifs is 1. The number of carbonyl (C=O) groups excluding carboxylic acids is 2. The van der Waals surface area contributed by atoms with E-state index in [4.69, 9.17) is 0 Å². The highest BCUT2D eigenvalue weighted by molar-refractivity contribution is 6.35. The lowest BCUT2D eigenvalue weighted by molar-refractivity contribution is -0.140. The van der Waals surface area contributed by atoms with E-state index in [1.54, 1.807) is 32.9 Å². The molecule has 0 aromatic heterocycles. The van der Waals surface area contributed by atoms with Crippen LogP contribution in [0.25, 0.3) is 10.8 Å². The minimum absolute atomic E-state index is 0.0424. The van der Waals surface area contributed by atoms with E-state index in [1.807, 2.05) is 24.3 Å². The topological polar surface area (TPSA) is 90.8 Å². The predicted octanol–water partition coefficient (Wildman–Crippen LogP) is 1.91. The van der Waals surface area contributed by atoms with Gasteiger partial charge in [0.1, 0.15) is 5.75 Å². The number of hydrazone groups is 1. The van der Waals surface area contributed by atoms with Crippen molar-refractivity contribution in [2.75, 3.05) is 0 Å². The number of carbonyl (C=O) groups is 2. The van der Waals surface area contributed by atoms with E-state index in [0.29, 0.717) is 5.56 Å². The molecule has 6 nitrogen and oxygen atoms in total. The summed E-state index contributed by atoms with van der Waals surface area (Å²) in [7, 11) is 0. The smallest absolute Gasteiger partial charge is 0.329 e. The molecule has 0 saturated heterocycles. The summed E-state index contributed by atoms with van der Waals surface area (Å²) >= 11 is 0. The van der Waals surface area contributed by atoms with E-state index in [0.717, 1.165) is 10.8 Å². The van der Waals surface area contributed by atoms with Crippen LogP contribution in [0.3, 0.4) is 0 Å². The Balaban J connectivity index is 2.14. The quantitative estimate of drug-likeness (QED) is 0.449. The number of nitrogens with one attached hydrogen (secondary N) is 2. The molecule has 3 N–H and O–H groups in total. The van der Waals surface area contributed by atoms with Gasteiger partial charge in [-0.1, -0.05) is 30.3 Å². The number of benzene rings is 2. The maximum Gasteiger partial charge on any atom is 0.329 e. The molecule has 0 unspecified atom stereocenters. The van der Waals surface area contributed by atoms with Crippen molar-refractivity contribution in [3.63, 3.8) is 0 Å². The fraction of sp³-hybridized carbons (Fsp3) is 0.235. The van der Waals surface area contributed by atoms with Crippen LogP contribution in [0.1, 0.15) is 26.3 Å². The maximum atomic E-state index is 11.7. The van der Waals surface area contributed by atoms with Gasteiger partial charge in [-0.15, -0.1) is 0 Å². The first-order valence-electron chi connectivity index (χ1n) is 7.14. The van der Waals surface area contributed by atoms with E-state index in [2.05, 4.69) is 15.8 Å². The average molecular weight is 313 g/mol. The molecule has 120 valence electrons. The largest absolute Gasteiger partial charge is 0.507 e. The number of phenols is 1. The van der Waals surface area contributed by atoms with Crippen LogP contribution in [0.4, 0.5) is 0 Å². The first-order chi connectivity index (χ1) is 10.8. The summed E-state index contributed by atoms with van der Waals surface area (Å²) in [5, 5.41) is 18.0. The lowest BCUT2D eigenvalue weighted by Crippen LogP contribution is -2.47. The van der Waals surface area contributed by atoms with Crippen LogP contribution in [-0.2, 0) is 9.59 Å². The van der Waals surface area contributed by atoms with Gasteiger partial charge in [0.05, 0.1) is 6.21 Å². The Labute approximate surface area is 134 Å². The summed E-state index contributed by atoms with van der Waals surface area (Å²) in [5.74, 6) is -1.59. The third-order valence-electron chi connectivity index (χ3n) is 3.00. The molecular weight excluding hydrogens is 294 g/mol. The molecule has 2 amide bonds. The van der Waals surface area contributed by atoms with E-state index < -0.39 is 17.4 Å². The normalized spacial score (nSPS) is 11.6. The van der Waals surface area contributed by atoms with Gasteiger partial charge in [-0.25, -0.2) is 5.43 Å². The number of amides is 2. The molecule has 0 aliphatic heterocycles. The van der Waals surface area contributed by atoms with Crippen molar-refractivity contribution in [1.29, 1.82) is 0 Å². The fourth-order valence-electron chi connectivity index (χ4n) is 2.02. The molecule has 0 heterocycles. The summed E-state index contributed by atoms with van der Waals surface area (Å²) < 4.78 is 0. The second kappa shape index (κ2) is 6.48. The molecule has 2 aromatic rings. The number of aromatic hydroxyl groups is 1. The van der Waals surface area contributed by atoms with Gasteiger partial charge in [0.15, 0.2) is 0 Å². The second-order valence-corrected chi connectivity index (χ2v) is 6.12. The van der Waals surface area contributed by atoms with Crippen molar-refractivity contribution in [2.24, 2.45) is 5.10 Å². The van der Waals surface area contributed by atoms with E-state index in [-0.39, 0.29) is 5.75 Å². The van der Waals surface area contributed by atoms with Gasteiger partial charge in [0.2, 0.25) is 0 Å². The van der Waals surface area contributed by atoms with Crippen LogP contribution in [-0.4, -0.2) is 28.7 Å². The molecule has 23 heavy (non-hydrogen) atoms. The van der Waals surface area contributed by atoms with Gasteiger partial charge in [-0.3, -0.25) is 9.59 Å². The summed E-state index contributed by atoms with van der Waals surface area (Å²) in [6.45, 7) is 5.32. The molecule has 0 fully saturated rings. The summed E-state index contributed by atoms with van der Waals surface area (Å²) in [5.41, 5.74) is 2.12. The third kappa shape index (κ3) is 4.29. The standard InChI is InChI=1S/C17H19N3O3/c1-17(2,3)19-15(22)16(23)20-18-10-13-12-7-5-4-6-11(12)8-9-14(13)21/h4-10,21H,1-3H3,(H,19,22)(H,20,23)/b18-10-. The molecule has 0 atom stereocenters. The van der Waals surface area contributed by atoms with Crippen LogP contribution in [0, 0.1) is 0 Å². The Morgan fingerprint density at radius 1 is 1.09 bits per heavy atom. The van der Waals surface area contributed by atoms with Crippen molar-refractivity contribution in [1.82, 2.24) is 10.7 Å². The van der Waals surface area contributed by atoms with Crippen LogP contribution >= 0.6 is 0 Å². The van der Waals surface area contributed by atoms with E-state index in [9.17, 15) is 14.7 Å². The lowest BCUT2D eigenvalue weighted by atomic mass is 10.0. The molecular formula is C17H19N3O3. The molecule has 0 aliphatic rings. The van der Waals surface area contributed by atoms with Crippen molar-refractivity contribution in [3.8, 4) is 5.75 Å². The highest BCUT2D eigenvalue weighted by Crippen LogP contribution is 2.25. The molecule has 0 bridgehead atoms. The van der Waals surface area contributed by atoms with Gasteiger partial charge in [-0.2, -0.15) is 5.10 Å². The van der Waals surface area contributed by atoms with Crippen LogP contribution < -0.4 is 10.7 Å². The van der Waals surface area contributed by atoms with Gasteiger partial charge in [0.25, 0.3) is 0 Å². The Morgan fingerprint density at radius 2 is 1.78 bits per heavy atom. The van der Waals surface area contributed by atoms with E-state index in [1.165, 1.54) is 6.21 Å². The lowest BCUT2D eigenvalue weighted by Gasteiger charge is -2.19. The van der Waals surface area contributed by atoms with Gasteiger partial charge in [-0.05, 0) is 37.6 Å². The molecule has 2 aromatic carbocycles. The maximum absolute atomic E-state index is 11.7. The zero-order valence-corrected chi connectivity index (χ0v) is 13.3. The minimum atomic E-state index is -0.865. The average Bonchev–Trinajstić information content (AvgIpc) is 2.47. The fourth-order valence-corrected chi connectivity index (χ4v) is 2.02. The molecule has 0 radical (unpaired) electrons. The summed E-state index contributed by atoms with van der Waals surface area (Å²) in [6, 6.07) is 10.8. The van der Waals surface area contributed by atoms with Crippen LogP contribution in [0.5, 0.6) is 5.75 Å². The highest BCUT2D eigenvalue weighted by Gasteiger charge is 2.19. The number of hydrogen-bond acceptors (Lipinski definition) is 4. The van der Waals surface area contributed by atoms with Gasteiger partial charge >= 0.3 is 11.8 Å². The Hall–Kier alpha value is -2.89.